The Labute approximate surface area is 192 Å². The van der Waals surface area contributed by atoms with Crippen molar-refractivity contribution in [1.82, 2.24) is 0 Å². The van der Waals surface area contributed by atoms with Gasteiger partial charge in [-0.1, -0.05) is 106 Å². The van der Waals surface area contributed by atoms with Crippen molar-refractivity contribution in [2.45, 2.75) is 96.1 Å². The second-order valence-corrected chi connectivity index (χ2v) is 10.4. The van der Waals surface area contributed by atoms with Gasteiger partial charge in [0, 0.05) is 11.0 Å². The van der Waals surface area contributed by atoms with Gasteiger partial charge in [-0.3, -0.25) is 13.2 Å². The number of ether oxygens (including phenoxy) is 1. The maximum Gasteiger partial charge on any atom is 0.310 e. The zero-order valence-electron chi connectivity index (χ0n) is 18.4. The molecule has 0 saturated heterocycles. The predicted octanol–water partition coefficient (Wildman–Crippen LogP) is 4.61. The van der Waals surface area contributed by atoms with Crippen LogP contribution in [0, 0.1) is 11.8 Å². The highest BCUT2D eigenvalue weighted by molar-refractivity contribution is 7.80. The number of unbranched alkanes of at least 4 members (excludes halogenated alkanes) is 8. The van der Waals surface area contributed by atoms with Gasteiger partial charge in [0.05, 0.1) is 12.5 Å². The largest absolute Gasteiger partial charge is 0.772 e. The smallest absolute Gasteiger partial charge is 0.310 e. The minimum absolute atomic E-state index is 0.00783. The summed E-state index contributed by atoms with van der Waals surface area (Å²) in [5.41, 5.74) is 0. The molecule has 0 radical (unpaired) electrons. The van der Waals surface area contributed by atoms with E-state index < -0.39 is 39.3 Å². The lowest BCUT2D eigenvalue weighted by Gasteiger charge is -2.27. The Balaban J connectivity index is 4.44. The molecule has 5 unspecified atom stereocenters. The first kappa shape index (κ1) is 29.8. The lowest BCUT2D eigenvalue weighted by Crippen LogP contribution is -2.34. The molecular formula is C21H38O6S3-2. The summed E-state index contributed by atoms with van der Waals surface area (Å²) in [5.74, 6) is -1.49. The maximum atomic E-state index is 12.5. The molecule has 0 amide bonds. The molecule has 0 spiro atoms. The predicted molar refractivity (Wildman–Crippen MR) is 125 cm³/mol. The van der Waals surface area contributed by atoms with Gasteiger partial charge in [0.2, 0.25) is 0 Å². The molecule has 0 aliphatic carbocycles. The average molecular weight is 483 g/mol. The van der Waals surface area contributed by atoms with Crippen molar-refractivity contribution in [2.75, 3.05) is 12.4 Å². The maximum absolute atomic E-state index is 12.5. The van der Waals surface area contributed by atoms with E-state index in [1.54, 1.807) is 6.92 Å². The second-order valence-electron chi connectivity index (χ2n) is 7.96. The number of carbonyl (C=O) groups excluding carboxylic acids is 1. The fraction of sp³-hybridized carbons (Fsp3) is 0.905. The van der Waals surface area contributed by atoms with E-state index in [1.165, 1.54) is 37.5 Å². The molecule has 0 bridgehead atoms. The molecule has 0 aromatic heterocycles. The van der Waals surface area contributed by atoms with Crippen LogP contribution >= 0.6 is 12.2 Å². The van der Waals surface area contributed by atoms with E-state index in [2.05, 4.69) is 6.92 Å². The molecule has 0 aliphatic rings. The minimum atomic E-state index is -2.39. The molecule has 0 saturated carbocycles. The highest BCUT2D eigenvalue weighted by Crippen LogP contribution is 2.22. The Kier molecular flexibility index (Phi) is 19.3. The summed E-state index contributed by atoms with van der Waals surface area (Å²) in [6.45, 7) is 4.06. The van der Waals surface area contributed by atoms with Crippen molar-refractivity contribution >= 4 is 45.7 Å². The first-order chi connectivity index (χ1) is 14.3. The van der Waals surface area contributed by atoms with Crippen LogP contribution in [0.25, 0.3) is 0 Å². The molecule has 178 valence electrons. The molecular weight excluding hydrogens is 444 g/mol. The van der Waals surface area contributed by atoms with Gasteiger partial charge < -0.3 is 13.8 Å². The first-order valence-corrected chi connectivity index (χ1v) is 13.9. The molecule has 0 N–H and O–H groups in total. The van der Waals surface area contributed by atoms with E-state index >= 15 is 0 Å². The third-order valence-corrected chi connectivity index (χ3v) is 7.05. The lowest BCUT2D eigenvalue weighted by atomic mass is 9.97. The summed E-state index contributed by atoms with van der Waals surface area (Å²) >= 11 is 0.354. The van der Waals surface area contributed by atoms with Crippen LogP contribution < -0.4 is 0 Å². The minimum Gasteiger partial charge on any atom is -0.772 e. The second kappa shape index (κ2) is 19.5. The standard InChI is InChI=1S/C21H40O6S3/c1-3-4-5-6-7-8-9-10-11-12-20(30(25)26)19(13-15-28)21(22)27-17-18(2)14-16-29(23)24/h15,18-20H,3-14,16-17H2,1-2H3,(H,23,24)(H,25,26)/p-2. The number of carbonyl (C=O) groups is 1. The summed E-state index contributed by atoms with van der Waals surface area (Å²) in [4.78, 5) is 12.5. The number of hydrogen-bond donors (Lipinski definition) is 0. The molecule has 0 aliphatic heterocycles. The van der Waals surface area contributed by atoms with Crippen molar-refractivity contribution in [3.63, 3.8) is 0 Å². The molecule has 5 atom stereocenters. The third kappa shape index (κ3) is 15.6. The van der Waals surface area contributed by atoms with Crippen LogP contribution in [0.2, 0.25) is 0 Å². The van der Waals surface area contributed by atoms with E-state index in [0.29, 0.717) is 12.8 Å². The highest BCUT2D eigenvalue weighted by Gasteiger charge is 2.29. The Hall–Kier alpha value is -0.220. The highest BCUT2D eigenvalue weighted by atomic mass is 32.2. The molecule has 0 fully saturated rings. The average Bonchev–Trinajstić information content (AvgIpc) is 2.70. The van der Waals surface area contributed by atoms with Gasteiger partial charge in [-0.15, -0.1) is 0 Å². The SMILES string of the molecule is CCCCCCCCCCCC(C(CC=S)C(=O)OCC(C)CCS(=O)[O-])S(=O)[O-]. The Morgan fingerprint density at radius 2 is 1.57 bits per heavy atom. The Morgan fingerprint density at radius 1 is 1.00 bits per heavy atom. The first-order valence-electron chi connectivity index (χ1n) is 11.1. The van der Waals surface area contributed by atoms with Crippen molar-refractivity contribution in [3.05, 3.63) is 0 Å². The van der Waals surface area contributed by atoms with E-state index in [1.807, 2.05) is 0 Å². The van der Waals surface area contributed by atoms with Gasteiger partial charge in [-0.2, -0.15) is 0 Å². The Morgan fingerprint density at radius 3 is 2.07 bits per heavy atom. The topological polar surface area (TPSA) is 107 Å². The molecule has 0 aromatic carbocycles. The summed E-state index contributed by atoms with van der Waals surface area (Å²) in [6.07, 6.45) is 11.2. The van der Waals surface area contributed by atoms with Gasteiger partial charge in [-0.25, -0.2) is 0 Å². The van der Waals surface area contributed by atoms with Crippen molar-refractivity contribution < 1.29 is 27.1 Å². The van der Waals surface area contributed by atoms with Crippen molar-refractivity contribution in [2.24, 2.45) is 11.8 Å². The van der Waals surface area contributed by atoms with E-state index in [-0.39, 0.29) is 24.7 Å². The number of rotatable bonds is 20. The molecule has 9 heteroatoms. The van der Waals surface area contributed by atoms with Crippen LogP contribution in [0.3, 0.4) is 0 Å². The zero-order valence-corrected chi connectivity index (χ0v) is 20.8. The van der Waals surface area contributed by atoms with Gasteiger partial charge in [-0.05, 0) is 30.5 Å². The summed E-state index contributed by atoms with van der Waals surface area (Å²) in [7, 11) is 0. The van der Waals surface area contributed by atoms with Crippen LogP contribution in [0.5, 0.6) is 0 Å². The van der Waals surface area contributed by atoms with Crippen molar-refractivity contribution in [3.8, 4) is 0 Å². The lowest BCUT2D eigenvalue weighted by molar-refractivity contribution is -0.149. The molecule has 30 heavy (non-hydrogen) atoms. The van der Waals surface area contributed by atoms with Gasteiger partial charge in [0.15, 0.2) is 0 Å². The summed E-state index contributed by atoms with van der Waals surface area (Å²) in [5, 5.41) is 0.567. The molecule has 0 heterocycles. The van der Waals surface area contributed by atoms with Gasteiger partial charge in [0.25, 0.3) is 0 Å². The van der Waals surface area contributed by atoms with Crippen LogP contribution in [0.15, 0.2) is 0 Å². The Bertz CT molecular complexity index is 515. The molecule has 6 nitrogen and oxygen atoms in total. The van der Waals surface area contributed by atoms with Crippen LogP contribution in [-0.2, 0) is 31.7 Å². The van der Waals surface area contributed by atoms with Crippen LogP contribution in [-0.4, -0.2) is 46.5 Å². The number of esters is 1. The quantitative estimate of drug-likeness (QED) is 0.108. The molecule has 0 rings (SSSR count). The zero-order chi connectivity index (χ0) is 22.8. The van der Waals surface area contributed by atoms with E-state index in [4.69, 9.17) is 17.0 Å². The fourth-order valence-corrected chi connectivity index (χ4v) is 4.96. The van der Waals surface area contributed by atoms with Crippen LogP contribution in [0.1, 0.15) is 90.9 Å². The van der Waals surface area contributed by atoms with Gasteiger partial charge >= 0.3 is 5.97 Å². The fourth-order valence-electron chi connectivity index (χ4n) is 3.30. The number of thiocarbonyl (C=S) groups is 1. The monoisotopic (exact) mass is 482 g/mol. The third-order valence-electron chi connectivity index (χ3n) is 5.23. The number of hydrogen-bond acceptors (Lipinski definition) is 7. The van der Waals surface area contributed by atoms with E-state index in [0.717, 1.165) is 25.7 Å². The van der Waals surface area contributed by atoms with Gasteiger partial charge in [0.1, 0.15) is 0 Å². The summed E-state index contributed by atoms with van der Waals surface area (Å²) < 4.78 is 50.1. The van der Waals surface area contributed by atoms with Crippen molar-refractivity contribution in [1.29, 1.82) is 0 Å². The molecule has 0 aromatic rings. The van der Waals surface area contributed by atoms with E-state index in [9.17, 15) is 22.3 Å². The normalized spacial score (nSPS) is 16.4. The van der Waals surface area contributed by atoms with Crippen LogP contribution in [0.4, 0.5) is 0 Å². The summed E-state index contributed by atoms with van der Waals surface area (Å²) in [6, 6.07) is 0.